The smallest absolute Gasteiger partial charge is 0.285 e. The first kappa shape index (κ1) is 23.6. The van der Waals surface area contributed by atoms with Crippen molar-refractivity contribution in [3.63, 3.8) is 0 Å². The molecule has 188 valence electrons. The van der Waals surface area contributed by atoms with Gasteiger partial charge in [-0.05, 0) is 42.1 Å². The average molecular weight is 535 g/mol. The minimum Gasteiger partial charge on any atom is -0.497 e. The van der Waals surface area contributed by atoms with E-state index in [1.54, 1.807) is 36.3 Å². The maximum atomic E-state index is 13.7. The molecule has 2 saturated heterocycles. The number of nitrogens with zero attached hydrogens (tertiary/aromatic N) is 3. The topological polar surface area (TPSA) is 95.2 Å². The fourth-order valence-corrected chi connectivity index (χ4v) is 6.34. The first-order valence-corrected chi connectivity index (χ1v) is 12.8. The highest BCUT2D eigenvalue weighted by Crippen LogP contribution is 2.38. The lowest BCUT2D eigenvalue weighted by Crippen LogP contribution is -2.66. The third-order valence-corrected chi connectivity index (χ3v) is 8.17. The summed E-state index contributed by atoms with van der Waals surface area (Å²) in [5.41, 5.74) is 3.60. The van der Waals surface area contributed by atoms with Gasteiger partial charge in [-0.25, -0.2) is 5.01 Å². The van der Waals surface area contributed by atoms with E-state index >= 15 is 0 Å². The first-order valence-electron chi connectivity index (χ1n) is 11.6. The van der Waals surface area contributed by atoms with Gasteiger partial charge in [0.05, 0.1) is 25.7 Å². The number of ether oxygens (including phenoxy) is 2. The fourth-order valence-electron chi connectivity index (χ4n) is 5.08. The number of hydrogen-bond donors (Lipinski definition) is 1. The largest absolute Gasteiger partial charge is 0.497 e. The molecule has 0 spiro atoms. The molecule has 3 aliphatic heterocycles. The Morgan fingerprint density at radius 2 is 1.89 bits per heavy atom. The fraction of sp³-hybridized carbons (Fsp3) is 0.231. The van der Waals surface area contributed by atoms with E-state index in [-0.39, 0.29) is 22.7 Å². The number of para-hydroxylation sites is 1. The third-order valence-electron chi connectivity index (χ3n) is 6.89. The molecule has 1 atom stereocenters. The Hall–Kier alpha value is -3.83. The summed E-state index contributed by atoms with van der Waals surface area (Å²) in [5, 5.41) is 3.40. The number of aromatic nitrogens is 1. The Balaban J connectivity index is 1.30. The lowest BCUT2D eigenvalue weighted by atomic mass is 9.94. The number of methoxy groups -OCH3 is 2. The standard InChI is InChI=1S/C26H22N4O5S2/c1-34-15-8-7-14(21(10-15)35-2)9-22-25(33)30(26(36)37-22)29-13-23(31)28-12-19-17(11-20(28)24(29)32)16-5-3-4-6-18(16)27-19/h3-10,20,27H,11-13H2,1-2H3/b22-9-/t20-/m0/s1. The highest BCUT2D eigenvalue weighted by Gasteiger charge is 2.48. The molecule has 2 aromatic carbocycles. The van der Waals surface area contributed by atoms with Crippen molar-refractivity contribution in [2.45, 2.75) is 19.0 Å². The summed E-state index contributed by atoms with van der Waals surface area (Å²) < 4.78 is 10.9. The van der Waals surface area contributed by atoms with Crippen LogP contribution in [0.5, 0.6) is 11.5 Å². The van der Waals surface area contributed by atoms with E-state index < -0.39 is 11.9 Å². The summed E-state index contributed by atoms with van der Waals surface area (Å²) in [6.07, 6.45) is 2.03. The number of carbonyl (C=O) groups is 3. The molecule has 0 aliphatic carbocycles. The third kappa shape index (κ3) is 3.77. The van der Waals surface area contributed by atoms with Crippen molar-refractivity contribution >= 4 is 63.0 Å². The number of nitrogens with one attached hydrogen (secondary N) is 1. The zero-order valence-corrected chi connectivity index (χ0v) is 21.6. The number of hydrogen-bond acceptors (Lipinski definition) is 7. The molecule has 9 nitrogen and oxygen atoms in total. The minimum atomic E-state index is -0.705. The Morgan fingerprint density at radius 1 is 1.08 bits per heavy atom. The van der Waals surface area contributed by atoms with Crippen LogP contribution in [0.4, 0.5) is 0 Å². The van der Waals surface area contributed by atoms with Crippen molar-refractivity contribution < 1.29 is 23.9 Å². The van der Waals surface area contributed by atoms with Crippen LogP contribution in [0.1, 0.15) is 16.8 Å². The van der Waals surface area contributed by atoms with Crippen molar-refractivity contribution in [1.82, 2.24) is 19.9 Å². The Morgan fingerprint density at radius 3 is 2.68 bits per heavy atom. The molecule has 0 radical (unpaired) electrons. The number of amides is 3. The van der Waals surface area contributed by atoms with E-state index in [9.17, 15) is 14.4 Å². The van der Waals surface area contributed by atoms with Crippen molar-refractivity contribution in [3.05, 3.63) is 64.2 Å². The Labute approximate surface area is 221 Å². The number of piperazine rings is 1. The lowest BCUT2D eigenvalue weighted by Gasteiger charge is -2.44. The van der Waals surface area contributed by atoms with Crippen LogP contribution in [0, 0.1) is 0 Å². The molecule has 2 fully saturated rings. The van der Waals surface area contributed by atoms with E-state index in [2.05, 4.69) is 4.98 Å². The summed E-state index contributed by atoms with van der Waals surface area (Å²) in [7, 11) is 3.09. The normalized spacial score (nSPS) is 20.6. The summed E-state index contributed by atoms with van der Waals surface area (Å²) >= 11 is 6.58. The highest BCUT2D eigenvalue weighted by atomic mass is 32.2. The maximum absolute atomic E-state index is 13.7. The maximum Gasteiger partial charge on any atom is 0.285 e. The van der Waals surface area contributed by atoms with Crippen LogP contribution in [0.25, 0.3) is 17.0 Å². The van der Waals surface area contributed by atoms with E-state index in [4.69, 9.17) is 21.7 Å². The number of aromatic amines is 1. The van der Waals surface area contributed by atoms with Gasteiger partial charge in [0, 0.05) is 34.6 Å². The van der Waals surface area contributed by atoms with Crippen molar-refractivity contribution in [2.24, 2.45) is 0 Å². The molecule has 4 heterocycles. The molecule has 3 aliphatic rings. The van der Waals surface area contributed by atoms with Gasteiger partial charge >= 0.3 is 0 Å². The van der Waals surface area contributed by atoms with Crippen LogP contribution >= 0.6 is 24.0 Å². The number of benzene rings is 2. The number of hydrazine groups is 1. The van der Waals surface area contributed by atoms with Crippen LogP contribution < -0.4 is 9.47 Å². The first-order chi connectivity index (χ1) is 17.9. The molecular formula is C26H22N4O5S2. The molecule has 3 amide bonds. The van der Waals surface area contributed by atoms with Crippen LogP contribution in [-0.2, 0) is 27.3 Å². The van der Waals surface area contributed by atoms with Crippen molar-refractivity contribution in [3.8, 4) is 11.5 Å². The number of carbonyl (C=O) groups excluding carboxylic acids is 3. The minimum absolute atomic E-state index is 0.196. The summed E-state index contributed by atoms with van der Waals surface area (Å²) in [6, 6.07) is 12.4. The molecule has 0 bridgehead atoms. The molecule has 1 N–H and O–H groups in total. The van der Waals surface area contributed by atoms with Gasteiger partial charge < -0.3 is 19.4 Å². The van der Waals surface area contributed by atoms with Gasteiger partial charge in [-0.2, -0.15) is 5.01 Å². The Kier molecular flexibility index (Phi) is 5.68. The molecular weight excluding hydrogens is 512 g/mol. The Bertz CT molecular complexity index is 1530. The van der Waals surface area contributed by atoms with Gasteiger partial charge in [0.2, 0.25) is 5.91 Å². The molecule has 37 heavy (non-hydrogen) atoms. The van der Waals surface area contributed by atoms with Gasteiger partial charge in [0.1, 0.15) is 24.1 Å². The van der Waals surface area contributed by atoms with Gasteiger partial charge in [0.15, 0.2) is 4.32 Å². The second kappa shape index (κ2) is 8.93. The average Bonchev–Trinajstić information content (AvgIpc) is 3.41. The van der Waals surface area contributed by atoms with E-state index in [1.807, 2.05) is 24.3 Å². The number of rotatable bonds is 4. The van der Waals surface area contributed by atoms with Crippen molar-refractivity contribution in [2.75, 3.05) is 20.8 Å². The SMILES string of the molecule is COc1ccc(/C=C2\SC(=S)N(N3CC(=O)N4Cc5[nH]c6ccccc6c5C[C@H]4C3=O)C2=O)c(OC)c1. The lowest BCUT2D eigenvalue weighted by molar-refractivity contribution is -0.170. The number of fused-ring (bicyclic) bond motifs is 4. The summed E-state index contributed by atoms with van der Waals surface area (Å²) in [5.74, 6) is 0.139. The van der Waals surface area contributed by atoms with Crippen LogP contribution in [0.2, 0.25) is 0 Å². The highest BCUT2D eigenvalue weighted by molar-refractivity contribution is 8.26. The monoisotopic (exact) mass is 534 g/mol. The quantitative estimate of drug-likeness (QED) is 0.406. The molecule has 6 rings (SSSR count). The number of H-pyrrole nitrogens is 1. The van der Waals surface area contributed by atoms with Gasteiger partial charge in [0.25, 0.3) is 11.8 Å². The second-order valence-electron chi connectivity index (χ2n) is 8.87. The van der Waals surface area contributed by atoms with E-state index in [0.717, 1.165) is 38.9 Å². The number of thiocarbonyl (C=S) groups is 1. The summed E-state index contributed by atoms with van der Waals surface area (Å²) in [4.78, 5) is 45.6. The molecule has 3 aromatic rings. The molecule has 11 heteroatoms. The molecule has 0 unspecified atom stereocenters. The molecule has 1 aromatic heterocycles. The van der Waals surface area contributed by atoms with Crippen LogP contribution in [0.3, 0.4) is 0 Å². The van der Waals surface area contributed by atoms with Gasteiger partial charge in [-0.1, -0.05) is 30.0 Å². The van der Waals surface area contributed by atoms with Crippen LogP contribution in [-0.4, -0.2) is 68.7 Å². The van der Waals surface area contributed by atoms with E-state index in [0.29, 0.717) is 34.9 Å². The predicted octanol–water partition coefficient (Wildman–Crippen LogP) is 3.10. The molecule has 0 saturated carbocycles. The summed E-state index contributed by atoms with van der Waals surface area (Å²) in [6.45, 7) is 0.0686. The number of thioether (sulfide) groups is 1. The zero-order chi connectivity index (χ0) is 25.8. The second-order valence-corrected chi connectivity index (χ2v) is 10.5. The zero-order valence-electron chi connectivity index (χ0n) is 20.0. The van der Waals surface area contributed by atoms with Gasteiger partial charge in [-0.3, -0.25) is 14.4 Å². The predicted molar refractivity (Wildman–Crippen MR) is 143 cm³/mol. The van der Waals surface area contributed by atoms with Gasteiger partial charge in [-0.15, -0.1) is 0 Å². The van der Waals surface area contributed by atoms with E-state index in [1.165, 1.54) is 12.1 Å². The van der Waals surface area contributed by atoms with Crippen molar-refractivity contribution in [1.29, 1.82) is 0 Å². The van der Waals surface area contributed by atoms with Crippen LogP contribution in [0.15, 0.2) is 47.4 Å².